The third kappa shape index (κ3) is 3.05. The molecule has 3 nitrogen and oxygen atoms in total. The van der Waals surface area contributed by atoms with Gasteiger partial charge in [-0.3, -0.25) is 0 Å². The van der Waals surface area contributed by atoms with Crippen LogP contribution in [0.1, 0.15) is 32.6 Å². The first kappa shape index (κ1) is 12.1. The standard InChI is InChI=1S/C14H21NO2/c1-3-15-11-8-9-13(16-2)14(10-11)17-12-6-4-5-7-12/h8-10,12,15H,3-7H2,1-2H3. The van der Waals surface area contributed by atoms with Gasteiger partial charge in [0, 0.05) is 18.3 Å². The summed E-state index contributed by atoms with van der Waals surface area (Å²) in [5, 5.41) is 3.29. The fourth-order valence-corrected chi connectivity index (χ4v) is 2.27. The highest BCUT2D eigenvalue weighted by atomic mass is 16.5. The van der Waals surface area contributed by atoms with Gasteiger partial charge in [-0.2, -0.15) is 0 Å². The molecule has 1 fully saturated rings. The number of benzene rings is 1. The number of ether oxygens (including phenoxy) is 2. The molecule has 0 aliphatic heterocycles. The van der Waals surface area contributed by atoms with Crippen LogP contribution in [0.4, 0.5) is 5.69 Å². The molecule has 0 heterocycles. The van der Waals surface area contributed by atoms with Gasteiger partial charge in [-0.05, 0) is 44.7 Å². The van der Waals surface area contributed by atoms with Crippen LogP contribution in [0.2, 0.25) is 0 Å². The maximum atomic E-state index is 6.02. The molecule has 0 aromatic heterocycles. The topological polar surface area (TPSA) is 30.5 Å². The second-order valence-electron chi connectivity index (χ2n) is 4.42. The van der Waals surface area contributed by atoms with Gasteiger partial charge in [0.15, 0.2) is 11.5 Å². The molecular weight excluding hydrogens is 214 g/mol. The van der Waals surface area contributed by atoms with Crippen LogP contribution in [0.25, 0.3) is 0 Å². The van der Waals surface area contributed by atoms with E-state index in [4.69, 9.17) is 9.47 Å². The van der Waals surface area contributed by atoms with Crippen LogP contribution in [-0.4, -0.2) is 19.8 Å². The van der Waals surface area contributed by atoms with Crippen LogP contribution >= 0.6 is 0 Å². The number of nitrogens with one attached hydrogen (secondary N) is 1. The first-order valence-corrected chi connectivity index (χ1v) is 6.42. The van der Waals surface area contributed by atoms with Crippen molar-refractivity contribution < 1.29 is 9.47 Å². The van der Waals surface area contributed by atoms with Crippen molar-refractivity contribution in [1.82, 2.24) is 0 Å². The van der Waals surface area contributed by atoms with Crippen LogP contribution in [0, 0.1) is 0 Å². The molecule has 1 N–H and O–H groups in total. The number of methoxy groups -OCH3 is 1. The molecule has 1 aliphatic rings. The van der Waals surface area contributed by atoms with Crippen molar-refractivity contribution in [2.45, 2.75) is 38.7 Å². The molecule has 1 aliphatic carbocycles. The zero-order valence-electron chi connectivity index (χ0n) is 10.7. The van der Waals surface area contributed by atoms with E-state index in [1.807, 2.05) is 18.2 Å². The van der Waals surface area contributed by atoms with Crippen molar-refractivity contribution >= 4 is 5.69 Å². The van der Waals surface area contributed by atoms with Crippen LogP contribution < -0.4 is 14.8 Å². The Bertz CT molecular complexity index is 359. The maximum absolute atomic E-state index is 6.02. The van der Waals surface area contributed by atoms with Crippen LogP contribution in [0.15, 0.2) is 18.2 Å². The predicted molar refractivity (Wildman–Crippen MR) is 70.0 cm³/mol. The minimum atomic E-state index is 0.362. The number of anilines is 1. The van der Waals surface area contributed by atoms with E-state index in [2.05, 4.69) is 12.2 Å². The predicted octanol–water partition coefficient (Wildman–Crippen LogP) is 3.45. The van der Waals surface area contributed by atoms with Crippen molar-refractivity contribution in [1.29, 1.82) is 0 Å². The fourth-order valence-electron chi connectivity index (χ4n) is 2.27. The first-order chi connectivity index (χ1) is 8.33. The van der Waals surface area contributed by atoms with Crippen molar-refractivity contribution in [2.24, 2.45) is 0 Å². The van der Waals surface area contributed by atoms with Crippen LogP contribution in [0.3, 0.4) is 0 Å². The Morgan fingerprint density at radius 1 is 1.24 bits per heavy atom. The van der Waals surface area contributed by atoms with Crippen molar-refractivity contribution in [3.05, 3.63) is 18.2 Å². The van der Waals surface area contributed by atoms with Gasteiger partial charge in [-0.15, -0.1) is 0 Å². The summed E-state index contributed by atoms with van der Waals surface area (Å²) in [5.74, 6) is 1.68. The third-order valence-corrected chi connectivity index (χ3v) is 3.14. The van der Waals surface area contributed by atoms with Crippen molar-refractivity contribution in [3.63, 3.8) is 0 Å². The second kappa shape index (κ2) is 5.80. The van der Waals surface area contributed by atoms with E-state index in [-0.39, 0.29) is 0 Å². The van der Waals surface area contributed by atoms with E-state index in [9.17, 15) is 0 Å². The van der Waals surface area contributed by atoms with E-state index >= 15 is 0 Å². The van der Waals surface area contributed by atoms with E-state index in [0.29, 0.717) is 6.10 Å². The molecule has 0 bridgehead atoms. The monoisotopic (exact) mass is 235 g/mol. The highest BCUT2D eigenvalue weighted by molar-refractivity contribution is 5.54. The molecule has 0 amide bonds. The molecule has 1 saturated carbocycles. The van der Waals surface area contributed by atoms with Gasteiger partial charge in [0.25, 0.3) is 0 Å². The molecule has 0 radical (unpaired) electrons. The summed E-state index contributed by atoms with van der Waals surface area (Å²) in [6, 6.07) is 6.01. The number of hydrogen-bond donors (Lipinski definition) is 1. The van der Waals surface area contributed by atoms with E-state index in [1.54, 1.807) is 7.11 Å². The quantitative estimate of drug-likeness (QED) is 0.848. The lowest BCUT2D eigenvalue weighted by atomic mass is 10.2. The summed E-state index contributed by atoms with van der Waals surface area (Å²) >= 11 is 0. The third-order valence-electron chi connectivity index (χ3n) is 3.14. The molecule has 0 atom stereocenters. The summed E-state index contributed by atoms with van der Waals surface area (Å²) in [7, 11) is 1.68. The van der Waals surface area contributed by atoms with Gasteiger partial charge in [-0.1, -0.05) is 0 Å². The number of hydrogen-bond acceptors (Lipinski definition) is 3. The zero-order chi connectivity index (χ0) is 12.1. The maximum Gasteiger partial charge on any atom is 0.163 e. The normalized spacial score (nSPS) is 15.9. The lowest BCUT2D eigenvalue weighted by Gasteiger charge is -2.17. The lowest BCUT2D eigenvalue weighted by Crippen LogP contribution is -2.11. The van der Waals surface area contributed by atoms with Gasteiger partial charge in [-0.25, -0.2) is 0 Å². The molecule has 17 heavy (non-hydrogen) atoms. The van der Waals surface area contributed by atoms with Gasteiger partial charge in [0.05, 0.1) is 13.2 Å². The van der Waals surface area contributed by atoms with Crippen molar-refractivity contribution in [2.75, 3.05) is 19.0 Å². The van der Waals surface area contributed by atoms with E-state index in [1.165, 1.54) is 12.8 Å². The molecule has 0 spiro atoms. The zero-order valence-corrected chi connectivity index (χ0v) is 10.7. The largest absolute Gasteiger partial charge is 0.493 e. The summed E-state index contributed by atoms with van der Waals surface area (Å²) in [6.07, 6.45) is 5.24. The van der Waals surface area contributed by atoms with E-state index in [0.717, 1.165) is 36.6 Å². The number of rotatable bonds is 5. The van der Waals surface area contributed by atoms with Crippen LogP contribution in [-0.2, 0) is 0 Å². The van der Waals surface area contributed by atoms with Gasteiger partial charge in [0.2, 0.25) is 0 Å². The average molecular weight is 235 g/mol. The Balaban J connectivity index is 2.12. The Hall–Kier alpha value is -1.38. The molecule has 1 aromatic carbocycles. The summed E-state index contributed by atoms with van der Waals surface area (Å²) in [4.78, 5) is 0. The minimum Gasteiger partial charge on any atom is -0.493 e. The Morgan fingerprint density at radius 2 is 2.00 bits per heavy atom. The minimum absolute atomic E-state index is 0.362. The average Bonchev–Trinajstić information content (AvgIpc) is 2.83. The molecule has 2 rings (SSSR count). The summed E-state index contributed by atoms with van der Waals surface area (Å²) < 4.78 is 11.4. The van der Waals surface area contributed by atoms with Crippen LogP contribution in [0.5, 0.6) is 11.5 Å². The van der Waals surface area contributed by atoms with Gasteiger partial charge in [0.1, 0.15) is 0 Å². The Morgan fingerprint density at radius 3 is 2.65 bits per heavy atom. The highest BCUT2D eigenvalue weighted by Gasteiger charge is 2.18. The van der Waals surface area contributed by atoms with Gasteiger partial charge < -0.3 is 14.8 Å². The van der Waals surface area contributed by atoms with Gasteiger partial charge >= 0.3 is 0 Å². The SMILES string of the molecule is CCNc1ccc(OC)c(OC2CCCC2)c1. The van der Waals surface area contributed by atoms with E-state index < -0.39 is 0 Å². The summed E-state index contributed by atoms with van der Waals surface area (Å²) in [5.41, 5.74) is 1.08. The molecular formula is C14H21NO2. The molecule has 0 saturated heterocycles. The first-order valence-electron chi connectivity index (χ1n) is 6.42. The Kier molecular flexibility index (Phi) is 4.13. The molecule has 1 aromatic rings. The second-order valence-corrected chi connectivity index (χ2v) is 4.42. The smallest absolute Gasteiger partial charge is 0.163 e. The fraction of sp³-hybridized carbons (Fsp3) is 0.571. The van der Waals surface area contributed by atoms with Crippen molar-refractivity contribution in [3.8, 4) is 11.5 Å². The Labute approximate surface area is 103 Å². The lowest BCUT2D eigenvalue weighted by molar-refractivity contribution is 0.201. The highest BCUT2D eigenvalue weighted by Crippen LogP contribution is 2.33. The molecule has 3 heteroatoms. The molecule has 94 valence electrons. The summed E-state index contributed by atoms with van der Waals surface area (Å²) in [6.45, 7) is 3.00. The molecule has 0 unspecified atom stereocenters.